The zero-order valence-corrected chi connectivity index (χ0v) is 16.6. The number of aliphatic hydroxyl groups excluding tert-OH is 1. The predicted molar refractivity (Wildman–Crippen MR) is 110 cm³/mol. The van der Waals surface area contributed by atoms with Crippen molar-refractivity contribution in [3.63, 3.8) is 0 Å². The van der Waals surface area contributed by atoms with E-state index in [9.17, 15) is 5.11 Å². The van der Waals surface area contributed by atoms with Gasteiger partial charge in [-0.2, -0.15) is 5.10 Å². The minimum atomic E-state index is -0.753. The van der Waals surface area contributed by atoms with Crippen molar-refractivity contribution in [2.75, 3.05) is 0 Å². The first kappa shape index (κ1) is 17.4. The second kappa shape index (κ2) is 5.87. The second-order valence-electron chi connectivity index (χ2n) is 9.12. The van der Waals surface area contributed by atoms with Crippen molar-refractivity contribution >= 4 is 5.71 Å². The molecule has 1 spiro atoms. The van der Waals surface area contributed by atoms with Gasteiger partial charge in [0.05, 0.1) is 17.5 Å². The summed E-state index contributed by atoms with van der Waals surface area (Å²) in [7, 11) is 0. The third-order valence-corrected chi connectivity index (χ3v) is 6.03. The van der Waals surface area contributed by atoms with Crippen LogP contribution in [0.1, 0.15) is 55.8 Å². The standard InChI is InChI=1S/C24H26N2O2/c1-16-8-10-17(11-9-16)20-12-21-19-6-4-5-7-22(19)28-24(26(21)25-20)14-18(27)13-23(2,3)15-24/h4-11,14,21,27H,12-13,15H2,1-3H3. The van der Waals surface area contributed by atoms with Gasteiger partial charge < -0.3 is 9.84 Å². The molecule has 2 unspecified atom stereocenters. The Morgan fingerprint density at radius 3 is 2.61 bits per heavy atom. The summed E-state index contributed by atoms with van der Waals surface area (Å²) in [5.74, 6) is 1.28. The molecule has 2 atom stereocenters. The first-order valence-electron chi connectivity index (χ1n) is 9.98. The molecule has 0 amide bonds. The first-order valence-corrected chi connectivity index (χ1v) is 9.98. The predicted octanol–water partition coefficient (Wildman–Crippen LogP) is 5.50. The summed E-state index contributed by atoms with van der Waals surface area (Å²) in [6.07, 6.45) is 4.15. The maximum Gasteiger partial charge on any atom is 0.221 e. The van der Waals surface area contributed by atoms with Crippen molar-refractivity contribution in [1.29, 1.82) is 0 Å². The highest BCUT2D eigenvalue weighted by Crippen LogP contribution is 2.53. The average molecular weight is 374 g/mol. The Kier molecular flexibility index (Phi) is 3.64. The lowest BCUT2D eigenvalue weighted by molar-refractivity contribution is -0.115. The van der Waals surface area contributed by atoms with Gasteiger partial charge in [0.1, 0.15) is 5.75 Å². The zero-order chi connectivity index (χ0) is 19.5. The SMILES string of the molecule is Cc1ccc(C2=NN3C(C2)c2ccccc2OC32C=C(O)CC(C)(C)C2)cc1. The molecular weight excluding hydrogens is 348 g/mol. The van der Waals surface area contributed by atoms with E-state index in [0.29, 0.717) is 12.2 Å². The van der Waals surface area contributed by atoms with E-state index in [1.54, 1.807) is 0 Å². The quantitative estimate of drug-likeness (QED) is 0.717. The average Bonchev–Trinajstić information content (AvgIpc) is 3.07. The van der Waals surface area contributed by atoms with E-state index in [4.69, 9.17) is 9.84 Å². The molecule has 2 heterocycles. The Hall–Kier alpha value is -2.75. The molecule has 0 fully saturated rings. The Morgan fingerprint density at radius 1 is 1.11 bits per heavy atom. The molecule has 0 saturated heterocycles. The number of benzene rings is 2. The van der Waals surface area contributed by atoms with Crippen LogP contribution in [-0.4, -0.2) is 21.6 Å². The molecule has 1 N–H and O–H groups in total. The third kappa shape index (κ3) is 2.70. The van der Waals surface area contributed by atoms with Gasteiger partial charge in [-0.1, -0.05) is 61.9 Å². The molecule has 0 aromatic heterocycles. The number of aryl methyl sites for hydroxylation is 1. The van der Waals surface area contributed by atoms with E-state index in [0.717, 1.165) is 35.4 Å². The van der Waals surface area contributed by atoms with E-state index in [-0.39, 0.29) is 11.5 Å². The van der Waals surface area contributed by atoms with E-state index >= 15 is 0 Å². The Balaban J connectivity index is 1.65. The maximum atomic E-state index is 10.5. The summed E-state index contributed by atoms with van der Waals surface area (Å²) in [6, 6.07) is 16.9. The van der Waals surface area contributed by atoms with E-state index in [1.165, 1.54) is 5.56 Å². The normalized spacial score (nSPS) is 27.5. The smallest absolute Gasteiger partial charge is 0.221 e. The highest BCUT2D eigenvalue weighted by molar-refractivity contribution is 6.02. The van der Waals surface area contributed by atoms with Crippen LogP contribution in [0.4, 0.5) is 0 Å². The molecule has 0 saturated carbocycles. The largest absolute Gasteiger partial charge is 0.512 e. The highest BCUT2D eigenvalue weighted by Gasteiger charge is 2.53. The van der Waals surface area contributed by atoms with Crippen LogP contribution < -0.4 is 4.74 Å². The van der Waals surface area contributed by atoms with Crippen molar-refractivity contribution in [3.05, 3.63) is 77.1 Å². The summed E-state index contributed by atoms with van der Waals surface area (Å²) in [4.78, 5) is 0. The van der Waals surface area contributed by atoms with Crippen molar-refractivity contribution in [2.45, 2.75) is 51.8 Å². The van der Waals surface area contributed by atoms with Gasteiger partial charge >= 0.3 is 0 Å². The van der Waals surface area contributed by atoms with Crippen molar-refractivity contribution < 1.29 is 9.84 Å². The molecule has 0 radical (unpaired) electrons. The minimum Gasteiger partial charge on any atom is -0.512 e. The van der Waals surface area contributed by atoms with Crippen LogP contribution in [-0.2, 0) is 0 Å². The highest BCUT2D eigenvalue weighted by atomic mass is 16.5. The summed E-state index contributed by atoms with van der Waals surface area (Å²) in [6.45, 7) is 6.45. The Morgan fingerprint density at radius 2 is 1.86 bits per heavy atom. The molecule has 2 aromatic rings. The van der Waals surface area contributed by atoms with Gasteiger partial charge in [-0.05, 0) is 24.0 Å². The third-order valence-electron chi connectivity index (χ3n) is 6.03. The van der Waals surface area contributed by atoms with E-state index in [2.05, 4.69) is 62.2 Å². The number of nitrogens with zero attached hydrogens (tertiary/aromatic N) is 2. The Bertz CT molecular complexity index is 990. The fourth-order valence-electron chi connectivity index (χ4n) is 4.92. The summed E-state index contributed by atoms with van der Waals surface area (Å²) in [5, 5.41) is 17.7. The van der Waals surface area contributed by atoms with Crippen molar-refractivity contribution in [3.8, 4) is 5.75 Å². The summed E-state index contributed by atoms with van der Waals surface area (Å²) in [5.41, 5.74) is 3.80. The first-order chi connectivity index (χ1) is 13.4. The van der Waals surface area contributed by atoms with Crippen molar-refractivity contribution in [1.82, 2.24) is 5.01 Å². The molecule has 1 aliphatic carbocycles. The van der Waals surface area contributed by atoms with Gasteiger partial charge in [-0.25, -0.2) is 5.01 Å². The molecule has 4 nitrogen and oxygen atoms in total. The lowest BCUT2D eigenvalue weighted by atomic mass is 9.75. The zero-order valence-electron chi connectivity index (χ0n) is 16.6. The second-order valence-corrected chi connectivity index (χ2v) is 9.12. The van der Waals surface area contributed by atoms with Crippen LogP contribution in [0.5, 0.6) is 5.75 Å². The van der Waals surface area contributed by atoms with Gasteiger partial charge in [-0.15, -0.1) is 0 Å². The maximum absolute atomic E-state index is 10.5. The van der Waals surface area contributed by atoms with E-state index < -0.39 is 5.72 Å². The number of fused-ring (bicyclic) bond motifs is 4. The Labute approximate surface area is 166 Å². The van der Waals surface area contributed by atoms with Crippen LogP contribution >= 0.6 is 0 Å². The van der Waals surface area contributed by atoms with Gasteiger partial charge in [0.2, 0.25) is 5.72 Å². The number of rotatable bonds is 1. The molecule has 3 aliphatic rings. The number of hydrazone groups is 1. The van der Waals surface area contributed by atoms with Crippen LogP contribution in [0, 0.1) is 12.3 Å². The summed E-state index contributed by atoms with van der Waals surface area (Å²) >= 11 is 0. The number of para-hydroxylation sites is 1. The number of ether oxygens (including phenoxy) is 1. The molecular formula is C24H26N2O2. The monoisotopic (exact) mass is 374 g/mol. The van der Waals surface area contributed by atoms with Crippen LogP contribution in [0.2, 0.25) is 0 Å². The minimum absolute atomic E-state index is 0.0716. The summed E-state index contributed by atoms with van der Waals surface area (Å²) < 4.78 is 6.57. The molecule has 2 aromatic carbocycles. The van der Waals surface area contributed by atoms with Gasteiger partial charge in [0, 0.05) is 30.9 Å². The van der Waals surface area contributed by atoms with E-state index in [1.807, 2.05) is 18.2 Å². The molecule has 28 heavy (non-hydrogen) atoms. The van der Waals surface area contributed by atoms with Crippen LogP contribution in [0.25, 0.3) is 0 Å². The van der Waals surface area contributed by atoms with Gasteiger partial charge in [0.15, 0.2) is 0 Å². The molecule has 5 rings (SSSR count). The fourth-order valence-corrected chi connectivity index (χ4v) is 4.92. The van der Waals surface area contributed by atoms with Gasteiger partial charge in [-0.3, -0.25) is 0 Å². The molecule has 4 heteroatoms. The fraction of sp³-hybridized carbons (Fsp3) is 0.375. The lowest BCUT2D eigenvalue weighted by Crippen LogP contribution is -2.56. The number of hydrogen-bond acceptors (Lipinski definition) is 4. The lowest BCUT2D eigenvalue weighted by Gasteiger charge is -2.50. The topological polar surface area (TPSA) is 45.1 Å². The number of allylic oxidation sites excluding steroid dienone is 1. The number of aliphatic hydroxyl groups is 1. The van der Waals surface area contributed by atoms with Crippen molar-refractivity contribution in [2.24, 2.45) is 10.5 Å². The van der Waals surface area contributed by atoms with Crippen LogP contribution in [0.3, 0.4) is 0 Å². The molecule has 144 valence electrons. The molecule has 2 aliphatic heterocycles. The van der Waals surface area contributed by atoms with Gasteiger partial charge in [0.25, 0.3) is 0 Å². The number of hydrogen-bond donors (Lipinski definition) is 1. The molecule has 0 bridgehead atoms. The van der Waals surface area contributed by atoms with Crippen LogP contribution in [0.15, 0.2) is 65.5 Å².